The highest BCUT2D eigenvalue weighted by atomic mass is 16.4. The minimum Gasteiger partial charge on any atom is -0.508 e. The number of benzene rings is 2. The number of aliphatic carboxylic acids is 3. The average molecular weight is 1110 g/mol. The van der Waals surface area contributed by atoms with E-state index in [4.69, 9.17) is 27.1 Å². The first-order chi connectivity index (χ1) is 37.3. The molecule has 2 aromatic carbocycles. The minimum absolute atomic E-state index is 0.00211. The first-order valence-electron chi connectivity index (χ1n) is 25.7. The molecule has 1 aromatic heterocycles. The van der Waals surface area contributed by atoms with Crippen molar-refractivity contribution in [1.29, 1.82) is 0 Å². The predicted octanol–water partition coefficient (Wildman–Crippen LogP) is -1.22. The fourth-order valence-electron chi connectivity index (χ4n) is 8.31. The van der Waals surface area contributed by atoms with Crippen molar-refractivity contribution in [3.05, 3.63) is 83.9 Å². The number of aliphatic imine (C=N–C) groups is 1. The number of likely N-dealkylation sites (tertiary alicyclic amines) is 1. The molecule has 1 aliphatic heterocycles. The van der Waals surface area contributed by atoms with Gasteiger partial charge >= 0.3 is 11.9 Å². The number of nitrogens with zero attached hydrogens (tertiary/aromatic N) is 3. The quantitative estimate of drug-likeness (QED) is 0.0220. The number of imidazole rings is 1. The van der Waals surface area contributed by atoms with Gasteiger partial charge in [0.15, 0.2) is 5.96 Å². The van der Waals surface area contributed by atoms with Crippen LogP contribution in [0.3, 0.4) is 0 Å². The number of aromatic amines is 1. The van der Waals surface area contributed by atoms with Crippen LogP contribution >= 0.6 is 0 Å². The Hall–Kier alpha value is -8.62. The van der Waals surface area contributed by atoms with E-state index in [1.54, 1.807) is 58.0 Å². The molecule has 27 nitrogen and oxygen atoms in total. The maximum absolute atomic E-state index is 14.6. The molecule has 4 rings (SSSR count). The van der Waals surface area contributed by atoms with Gasteiger partial charge in [0.05, 0.1) is 18.8 Å². The Bertz CT molecular complexity index is 2560. The molecule has 432 valence electrons. The number of rotatable bonds is 29. The van der Waals surface area contributed by atoms with E-state index in [2.05, 4.69) is 46.9 Å². The summed E-state index contributed by atoms with van der Waals surface area (Å²) in [5.41, 5.74) is 18.2. The second-order valence-corrected chi connectivity index (χ2v) is 19.4. The highest BCUT2D eigenvalue weighted by Gasteiger charge is 2.41. The summed E-state index contributed by atoms with van der Waals surface area (Å²) < 4.78 is 0. The Morgan fingerprint density at radius 2 is 1.30 bits per heavy atom. The van der Waals surface area contributed by atoms with Crippen molar-refractivity contribution in [3.8, 4) is 5.75 Å². The fourth-order valence-corrected chi connectivity index (χ4v) is 8.31. The molecule has 27 heteroatoms. The molecule has 3 aromatic rings. The van der Waals surface area contributed by atoms with Gasteiger partial charge in [-0.3, -0.25) is 48.1 Å². The Balaban J connectivity index is 0.00000396. The van der Waals surface area contributed by atoms with Crippen LogP contribution in [0.4, 0.5) is 0 Å². The molecule has 0 spiro atoms. The third-order valence-electron chi connectivity index (χ3n) is 12.7. The molecule has 17 N–H and O–H groups in total. The van der Waals surface area contributed by atoms with Crippen molar-refractivity contribution in [2.75, 3.05) is 13.1 Å². The van der Waals surface area contributed by atoms with Crippen LogP contribution in [-0.2, 0) is 67.2 Å². The zero-order valence-corrected chi connectivity index (χ0v) is 44.8. The number of nitrogens with one attached hydrogen (secondary N) is 7. The maximum Gasteiger partial charge on any atom is 0.326 e. The van der Waals surface area contributed by atoms with E-state index in [9.17, 15) is 58.5 Å². The van der Waals surface area contributed by atoms with E-state index in [0.29, 0.717) is 29.7 Å². The molecule has 0 saturated carbocycles. The van der Waals surface area contributed by atoms with Crippen LogP contribution in [0.15, 0.2) is 72.1 Å². The lowest BCUT2D eigenvalue weighted by Crippen LogP contribution is -2.62. The third kappa shape index (κ3) is 22.1. The SMILES string of the molecule is CC(=O)O.CCC(C)[C@H](NC(=O)[C@H](Cc1ccc(O)cc1)NC(=O)[C@@H](NC(=O)[C@H](CCCN=C(N)N)NC(=O)[C@@H](N)CC(=O)O)C(C)C)C(=O)N[C@@H](Cc1cnc[nH]1)C(=O)N1CCC[C@H]1C(=O)N[C@@H](Cc1ccccc1)C(=O)O. The first-order valence-corrected chi connectivity index (χ1v) is 25.7. The standard InChI is InChI=1S/C50H71N13O12.C2H4O2/c1-5-28(4)41(47(72)59-36(23-31-25-54-26-56-31)48(73)63-20-10-14-38(63)45(70)60-37(49(74)75)22-29-11-7-6-8-12-29)62-44(69)35(21-30-15-17-32(64)18-16-30)58-46(71)40(27(2)3)61-43(68)34(13-9-19-55-50(52)53)57-42(67)33(51)24-39(65)66;1-2(3)4/h6-8,11-12,15-18,25-28,33-38,40-41,64H,5,9-10,13-14,19-24,51H2,1-4H3,(H,54,56)(H,57,67)(H,58,71)(H,59,72)(H,60,70)(H,61,68)(H,62,69)(H,65,66)(H,74,75)(H4,52,53,55);1H3,(H,3,4)/t28?,33-,34-,35-,36-,37-,38-,40-,41-;/m0./s1. The van der Waals surface area contributed by atoms with Crippen molar-refractivity contribution in [1.82, 2.24) is 46.8 Å². The number of aromatic hydroxyl groups is 1. The summed E-state index contributed by atoms with van der Waals surface area (Å²) >= 11 is 0. The van der Waals surface area contributed by atoms with E-state index in [-0.39, 0.29) is 63.3 Å². The van der Waals surface area contributed by atoms with Gasteiger partial charge in [-0.25, -0.2) is 9.78 Å². The van der Waals surface area contributed by atoms with Crippen LogP contribution in [0.1, 0.15) is 90.0 Å². The topological polar surface area (TPSA) is 446 Å². The number of carboxylic acid groups (broad SMARTS) is 3. The number of guanidine groups is 1. The molecule has 1 fully saturated rings. The summed E-state index contributed by atoms with van der Waals surface area (Å²) in [6.07, 6.45) is 2.92. The van der Waals surface area contributed by atoms with Gasteiger partial charge in [-0.15, -0.1) is 0 Å². The van der Waals surface area contributed by atoms with E-state index < -0.39 is 126 Å². The van der Waals surface area contributed by atoms with Crippen LogP contribution in [0.5, 0.6) is 5.75 Å². The van der Waals surface area contributed by atoms with Gasteiger partial charge in [0.1, 0.15) is 48.0 Å². The fraction of sp³-hybridized carbons (Fsp3) is 0.500. The van der Waals surface area contributed by atoms with Crippen molar-refractivity contribution in [3.63, 3.8) is 0 Å². The molecule has 0 radical (unpaired) electrons. The Labute approximate surface area is 456 Å². The van der Waals surface area contributed by atoms with Crippen LogP contribution in [0.25, 0.3) is 0 Å². The zero-order chi connectivity index (χ0) is 58.9. The lowest BCUT2D eigenvalue weighted by Gasteiger charge is -2.32. The molecule has 79 heavy (non-hydrogen) atoms. The molecule has 9 atom stereocenters. The van der Waals surface area contributed by atoms with Crippen LogP contribution in [0, 0.1) is 11.8 Å². The van der Waals surface area contributed by atoms with E-state index in [1.165, 1.54) is 41.7 Å². The van der Waals surface area contributed by atoms with Crippen molar-refractivity contribution >= 4 is 65.2 Å². The van der Waals surface area contributed by atoms with Gasteiger partial charge in [0.25, 0.3) is 5.97 Å². The normalized spacial score (nSPS) is 15.8. The highest BCUT2D eigenvalue weighted by Crippen LogP contribution is 2.21. The Morgan fingerprint density at radius 3 is 1.87 bits per heavy atom. The summed E-state index contributed by atoms with van der Waals surface area (Å²) in [6.45, 7) is 7.99. The largest absolute Gasteiger partial charge is 0.508 e. The Kier molecular flexibility index (Phi) is 26.4. The summed E-state index contributed by atoms with van der Waals surface area (Å²) in [4.78, 5) is 143. The molecule has 0 bridgehead atoms. The number of carboxylic acids is 3. The number of nitrogens with two attached hydrogens (primary N) is 3. The van der Waals surface area contributed by atoms with Crippen LogP contribution in [0.2, 0.25) is 0 Å². The van der Waals surface area contributed by atoms with E-state index in [0.717, 1.165) is 6.92 Å². The zero-order valence-electron chi connectivity index (χ0n) is 44.8. The number of carbonyl (C=O) groups excluding carboxylic acids is 7. The summed E-state index contributed by atoms with van der Waals surface area (Å²) in [6, 6.07) is 3.95. The second kappa shape index (κ2) is 32.2. The smallest absolute Gasteiger partial charge is 0.326 e. The average Bonchev–Trinajstić information content (AvgIpc) is 4.11. The van der Waals surface area contributed by atoms with Gasteiger partial charge in [-0.05, 0) is 60.8 Å². The van der Waals surface area contributed by atoms with E-state index >= 15 is 0 Å². The number of aromatic nitrogens is 2. The molecule has 7 amide bonds. The monoisotopic (exact) mass is 1110 g/mol. The van der Waals surface area contributed by atoms with Crippen molar-refractivity contribution < 1.29 is 68.4 Å². The summed E-state index contributed by atoms with van der Waals surface area (Å²) in [5.74, 6) is -10.5. The molecular formula is C52H75N13O14. The number of phenolic OH excluding ortho intramolecular Hbond substituents is 1. The summed E-state index contributed by atoms with van der Waals surface area (Å²) in [7, 11) is 0. The molecular weight excluding hydrogens is 1030 g/mol. The van der Waals surface area contributed by atoms with Gasteiger partial charge in [0, 0.05) is 51.2 Å². The number of amides is 7. The molecule has 1 unspecified atom stereocenters. The third-order valence-corrected chi connectivity index (χ3v) is 12.7. The Morgan fingerprint density at radius 1 is 0.734 bits per heavy atom. The first kappa shape index (κ1) is 64.7. The number of hydrogen-bond acceptors (Lipinski definition) is 14. The maximum atomic E-state index is 14.6. The number of phenols is 1. The van der Waals surface area contributed by atoms with Crippen molar-refractivity contribution in [2.24, 2.45) is 34.0 Å². The lowest BCUT2D eigenvalue weighted by atomic mass is 9.96. The second-order valence-electron chi connectivity index (χ2n) is 19.4. The number of H-pyrrole nitrogens is 1. The van der Waals surface area contributed by atoms with Gasteiger partial charge in [-0.1, -0.05) is 76.6 Å². The van der Waals surface area contributed by atoms with Gasteiger partial charge < -0.3 is 79.4 Å². The van der Waals surface area contributed by atoms with Gasteiger partial charge in [0.2, 0.25) is 41.4 Å². The minimum atomic E-state index is -1.51. The molecule has 2 heterocycles. The molecule has 1 saturated heterocycles. The van der Waals surface area contributed by atoms with Crippen molar-refractivity contribution in [2.45, 2.75) is 141 Å². The highest BCUT2D eigenvalue weighted by molar-refractivity contribution is 5.98. The van der Waals surface area contributed by atoms with E-state index in [1.807, 2.05) is 0 Å². The number of carbonyl (C=O) groups is 10. The summed E-state index contributed by atoms with van der Waals surface area (Å²) in [5, 5.41) is 52.5. The lowest BCUT2D eigenvalue weighted by molar-refractivity contribution is -0.145. The number of hydrogen-bond donors (Lipinski definition) is 14. The predicted molar refractivity (Wildman–Crippen MR) is 286 cm³/mol. The van der Waals surface area contributed by atoms with Gasteiger partial charge in [-0.2, -0.15) is 0 Å². The molecule has 1 aliphatic rings. The van der Waals surface area contributed by atoms with Crippen LogP contribution in [-0.4, -0.2) is 162 Å². The molecule has 0 aliphatic carbocycles. The van der Waals surface area contributed by atoms with Crippen LogP contribution < -0.4 is 49.1 Å².